The average molecular weight is 408 g/mol. The van der Waals surface area contributed by atoms with Gasteiger partial charge >= 0.3 is 6.09 Å². The van der Waals surface area contributed by atoms with Crippen LogP contribution < -0.4 is 4.90 Å². The second kappa shape index (κ2) is 7.63. The molecule has 0 spiro atoms. The number of amides is 1. The van der Waals surface area contributed by atoms with Crippen LogP contribution in [0.15, 0.2) is 42.9 Å². The second-order valence-corrected chi connectivity index (χ2v) is 8.97. The van der Waals surface area contributed by atoms with E-state index in [0.717, 1.165) is 28.0 Å². The Balaban J connectivity index is 1.67. The predicted octanol–water partition coefficient (Wildman–Crippen LogP) is 4.46. The van der Waals surface area contributed by atoms with E-state index in [4.69, 9.17) is 4.74 Å². The number of carbonyl (C=O) groups is 1. The minimum atomic E-state index is -0.508. The monoisotopic (exact) mass is 407 g/mol. The summed E-state index contributed by atoms with van der Waals surface area (Å²) in [6.07, 6.45) is 3.32. The molecule has 1 N–H and O–H groups in total. The van der Waals surface area contributed by atoms with E-state index >= 15 is 0 Å². The number of hydrogen-bond acceptors (Lipinski definition) is 5. The number of hydrogen-bond donors (Lipinski definition) is 1. The van der Waals surface area contributed by atoms with Crippen molar-refractivity contribution in [1.82, 2.24) is 19.9 Å². The highest BCUT2D eigenvalue weighted by atomic mass is 16.6. The van der Waals surface area contributed by atoms with Gasteiger partial charge in [-0.05, 0) is 40.2 Å². The van der Waals surface area contributed by atoms with Crippen molar-refractivity contribution in [3.8, 4) is 11.1 Å². The summed E-state index contributed by atoms with van der Waals surface area (Å²) in [5.41, 5.74) is 2.50. The molecule has 0 unspecified atom stereocenters. The van der Waals surface area contributed by atoms with Crippen molar-refractivity contribution in [2.24, 2.45) is 0 Å². The molecular weight excluding hydrogens is 378 g/mol. The smallest absolute Gasteiger partial charge is 0.410 e. The lowest BCUT2D eigenvalue weighted by Crippen LogP contribution is -2.59. The number of aromatic nitrogens is 3. The Kier molecular flexibility index (Phi) is 5.13. The Morgan fingerprint density at radius 2 is 1.83 bits per heavy atom. The number of H-pyrrole nitrogens is 1. The van der Waals surface area contributed by atoms with Crippen LogP contribution >= 0.6 is 0 Å². The maximum absolute atomic E-state index is 12.7. The molecule has 2 atom stereocenters. The summed E-state index contributed by atoms with van der Waals surface area (Å²) in [5.74, 6) is 0.892. The standard InChI is InChI=1S/C23H29N5O2/c1-15-13-28(22(29)30-23(3,4)5)16(2)12-27(15)21-19-18(17-9-7-6-8-10-17)11-24-20(19)25-14-26-21/h6-11,14-16H,12-13H2,1-5H3,(H,24,25,26)/t15-,16+/m0/s1. The number of rotatable bonds is 2. The van der Waals surface area contributed by atoms with Gasteiger partial charge in [0.05, 0.1) is 5.39 Å². The number of aromatic amines is 1. The summed E-state index contributed by atoms with van der Waals surface area (Å²) in [5, 5.41) is 1.01. The number of nitrogens with zero attached hydrogens (tertiary/aromatic N) is 4. The first-order valence-corrected chi connectivity index (χ1v) is 10.4. The molecule has 7 nitrogen and oxygen atoms in total. The summed E-state index contributed by atoms with van der Waals surface area (Å²) in [6.45, 7) is 11.1. The molecule has 1 aliphatic heterocycles. The molecule has 1 amide bonds. The lowest BCUT2D eigenvalue weighted by atomic mass is 10.0. The van der Waals surface area contributed by atoms with Crippen LogP contribution in [0.2, 0.25) is 0 Å². The van der Waals surface area contributed by atoms with E-state index in [9.17, 15) is 4.79 Å². The van der Waals surface area contributed by atoms with Gasteiger partial charge in [0.15, 0.2) is 0 Å². The molecule has 30 heavy (non-hydrogen) atoms. The fourth-order valence-corrected chi connectivity index (χ4v) is 4.01. The van der Waals surface area contributed by atoms with Crippen molar-refractivity contribution in [1.29, 1.82) is 0 Å². The van der Waals surface area contributed by atoms with Crippen LogP contribution in [-0.4, -0.2) is 56.7 Å². The molecule has 158 valence electrons. The summed E-state index contributed by atoms with van der Waals surface area (Å²) >= 11 is 0. The number of piperazine rings is 1. The molecule has 0 bridgehead atoms. The van der Waals surface area contributed by atoms with Gasteiger partial charge in [-0.1, -0.05) is 30.3 Å². The van der Waals surface area contributed by atoms with E-state index in [2.05, 4.69) is 45.8 Å². The van der Waals surface area contributed by atoms with E-state index in [1.54, 1.807) is 6.33 Å². The first-order chi connectivity index (χ1) is 14.2. The number of ether oxygens (including phenoxy) is 1. The van der Waals surface area contributed by atoms with Gasteiger partial charge in [0.25, 0.3) is 0 Å². The average Bonchev–Trinajstić information content (AvgIpc) is 3.13. The molecule has 1 aromatic carbocycles. The Morgan fingerprint density at radius 3 is 2.53 bits per heavy atom. The van der Waals surface area contributed by atoms with Crippen molar-refractivity contribution in [2.75, 3.05) is 18.0 Å². The zero-order valence-corrected chi connectivity index (χ0v) is 18.2. The summed E-state index contributed by atoms with van der Waals surface area (Å²) < 4.78 is 5.61. The lowest BCUT2D eigenvalue weighted by Gasteiger charge is -2.44. The van der Waals surface area contributed by atoms with Gasteiger partial charge in [0.1, 0.15) is 23.4 Å². The Morgan fingerprint density at radius 1 is 1.10 bits per heavy atom. The maximum Gasteiger partial charge on any atom is 0.410 e. The maximum atomic E-state index is 12.7. The van der Waals surface area contributed by atoms with Crippen LogP contribution in [0.1, 0.15) is 34.6 Å². The van der Waals surface area contributed by atoms with Gasteiger partial charge < -0.3 is 19.5 Å². The fourth-order valence-electron chi connectivity index (χ4n) is 4.01. The molecule has 3 heterocycles. The van der Waals surface area contributed by atoms with Crippen LogP contribution in [0.3, 0.4) is 0 Å². The normalized spacial score (nSPS) is 19.9. The van der Waals surface area contributed by atoms with Crippen LogP contribution in [0, 0.1) is 0 Å². The van der Waals surface area contributed by atoms with Crippen molar-refractivity contribution >= 4 is 22.9 Å². The molecule has 4 rings (SSSR count). The van der Waals surface area contributed by atoms with E-state index in [-0.39, 0.29) is 18.2 Å². The Hall–Kier alpha value is -3.09. The van der Waals surface area contributed by atoms with Crippen LogP contribution in [0.5, 0.6) is 0 Å². The zero-order valence-electron chi connectivity index (χ0n) is 18.2. The molecule has 0 radical (unpaired) electrons. The molecule has 2 aromatic heterocycles. The lowest BCUT2D eigenvalue weighted by molar-refractivity contribution is 0.0130. The van der Waals surface area contributed by atoms with Gasteiger partial charge in [-0.25, -0.2) is 14.8 Å². The summed E-state index contributed by atoms with van der Waals surface area (Å²) in [4.78, 5) is 29.1. The molecule has 1 aliphatic rings. The largest absolute Gasteiger partial charge is 0.444 e. The summed E-state index contributed by atoms with van der Waals surface area (Å²) in [6, 6.07) is 10.3. The van der Waals surface area contributed by atoms with Crippen LogP contribution in [0.4, 0.5) is 10.6 Å². The van der Waals surface area contributed by atoms with Crippen molar-refractivity contribution in [2.45, 2.75) is 52.3 Å². The highest BCUT2D eigenvalue weighted by Crippen LogP contribution is 2.35. The second-order valence-electron chi connectivity index (χ2n) is 8.97. The molecule has 3 aromatic rings. The number of benzene rings is 1. The first kappa shape index (κ1) is 20.2. The van der Waals surface area contributed by atoms with Gasteiger partial charge in [-0.15, -0.1) is 0 Å². The minimum Gasteiger partial charge on any atom is -0.444 e. The third-order valence-electron chi connectivity index (χ3n) is 5.42. The zero-order chi connectivity index (χ0) is 21.5. The van der Waals surface area contributed by atoms with E-state index in [0.29, 0.717) is 13.1 Å². The van der Waals surface area contributed by atoms with Crippen molar-refractivity contribution in [3.05, 3.63) is 42.9 Å². The highest BCUT2D eigenvalue weighted by Gasteiger charge is 2.36. The molecule has 1 saturated heterocycles. The van der Waals surface area contributed by atoms with Crippen molar-refractivity contribution < 1.29 is 9.53 Å². The third-order valence-corrected chi connectivity index (χ3v) is 5.42. The molecule has 7 heteroatoms. The predicted molar refractivity (Wildman–Crippen MR) is 119 cm³/mol. The van der Waals surface area contributed by atoms with Crippen LogP contribution in [0.25, 0.3) is 22.2 Å². The number of anilines is 1. The van der Waals surface area contributed by atoms with Gasteiger partial charge in [0.2, 0.25) is 0 Å². The highest BCUT2D eigenvalue weighted by molar-refractivity contribution is 6.01. The van der Waals surface area contributed by atoms with Gasteiger partial charge in [-0.3, -0.25) is 0 Å². The quantitative estimate of drug-likeness (QED) is 0.679. The first-order valence-electron chi connectivity index (χ1n) is 10.4. The number of nitrogens with one attached hydrogen (secondary N) is 1. The summed E-state index contributed by atoms with van der Waals surface area (Å²) in [7, 11) is 0. The Bertz CT molecular complexity index is 1040. The Labute approximate surface area is 177 Å². The SMILES string of the molecule is C[C@@H]1CN(c2ncnc3[nH]cc(-c4ccccc4)c23)[C@@H](C)CN1C(=O)OC(C)(C)C. The van der Waals surface area contributed by atoms with Gasteiger partial charge in [0, 0.05) is 36.9 Å². The van der Waals surface area contributed by atoms with E-state index in [1.807, 2.05) is 50.1 Å². The van der Waals surface area contributed by atoms with Crippen LogP contribution in [-0.2, 0) is 4.74 Å². The van der Waals surface area contributed by atoms with E-state index in [1.165, 1.54) is 0 Å². The third kappa shape index (κ3) is 3.84. The van der Waals surface area contributed by atoms with E-state index < -0.39 is 5.60 Å². The minimum absolute atomic E-state index is 0.000169. The topological polar surface area (TPSA) is 74.4 Å². The molecule has 0 aliphatic carbocycles. The number of carbonyl (C=O) groups excluding carboxylic acids is 1. The number of fused-ring (bicyclic) bond motifs is 1. The molecular formula is C23H29N5O2. The van der Waals surface area contributed by atoms with Crippen molar-refractivity contribution in [3.63, 3.8) is 0 Å². The molecule has 0 saturated carbocycles. The molecule has 1 fully saturated rings. The fraction of sp³-hybridized carbons (Fsp3) is 0.435. The van der Waals surface area contributed by atoms with Gasteiger partial charge in [-0.2, -0.15) is 0 Å².